The van der Waals surface area contributed by atoms with Crippen LogP contribution in [0.5, 0.6) is 5.75 Å². The molecule has 2 heterocycles. The average molecular weight is 534 g/mol. The summed E-state index contributed by atoms with van der Waals surface area (Å²) in [6.45, 7) is 0.327. The molecule has 2 atom stereocenters. The number of carboxylic acid groups (broad SMARTS) is 1. The van der Waals surface area contributed by atoms with Gasteiger partial charge in [-0.1, -0.05) is 11.6 Å². The molecule has 2 aromatic heterocycles. The van der Waals surface area contributed by atoms with Crippen LogP contribution >= 0.6 is 0 Å². The van der Waals surface area contributed by atoms with Gasteiger partial charge in [0.15, 0.2) is 0 Å². The fraction of sp³-hybridized carbons (Fsp3) is 0.654. The quantitative estimate of drug-likeness (QED) is 0.504. The first-order chi connectivity index (χ1) is 18.1. The van der Waals surface area contributed by atoms with E-state index in [9.17, 15) is 23.5 Å². The van der Waals surface area contributed by atoms with Crippen LogP contribution in [0.4, 0.5) is 13.6 Å². The van der Waals surface area contributed by atoms with Crippen molar-refractivity contribution in [3.05, 3.63) is 23.5 Å². The molecule has 1 N–H and O–H groups in total. The van der Waals surface area contributed by atoms with Crippen LogP contribution in [0.1, 0.15) is 68.7 Å². The summed E-state index contributed by atoms with van der Waals surface area (Å²) in [4.78, 5) is 29.9. The van der Waals surface area contributed by atoms with E-state index in [0.29, 0.717) is 35.9 Å². The van der Waals surface area contributed by atoms with Crippen LogP contribution in [0.25, 0.3) is 11.4 Å². The Morgan fingerprint density at radius 1 is 1.21 bits per heavy atom. The number of rotatable bonds is 9. The Morgan fingerprint density at radius 2 is 1.97 bits per heavy atom. The second kappa shape index (κ2) is 10.5. The largest absolute Gasteiger partial charge is 0.491 e. The Kier molecular flexibility index (Phi) is 7.23. The molecule has 206 valence electrons. The minimum absolute atomic E-state index is 0.129. The van der Waals surface area contributed by atoms with Gasteiger partial charge in [0, 0.05) is 38.9 Å². The van der Waals surface area contributed by atoms with Gasteiger partial charge < -0.3 is 19.5 Å². The molecule has 3 aliphatic carbocycles. The molecule has 0 saturated heterocycles. The predicted molar refractivity (Wildman–Crippen MR) is 131 cm³/mol. The van der Waals surface area contributed by atoms with Gasteiger partial charge in [0.1, 0.15) is 23.7 Å². The second-order valence-corrected chi connectivity index (χ2v) is 10.8. The molecule has 0 bridgehead atoms. The number of carbonyl (C=O) groups excluding carboxylic acids is 1. The Bertz CT molecular complexity index is 1190. The summed E-state index contributed by atoms with van der Waals surface area (Å²) in [6.07, 6.45) is 3.80. The lowest BCUT2D eigenvalue weighted by molar-refractivity contribution is -0.143. The zero-order valence-electron chi connectivity index (χ0n) is 21.6. The molecular formula is C26H33F2N5O5. The minimum atomic E-state index is -2.73. The van der Waals surface area contributed by atoms with E-state index in [1.54, 1.807) is 13.1 Å². The Morgan fingerprint density at radius 3 is 2.66 bits per heavy atom. The maximum absolute atomic E-state index is 13.2. The summed E-state index contributed by atoms with van der Waals surface area (Å²) in [5, 5.41) is 17.7. The Balaban J connectivity index is 1.25. The van der Waals surface area contributed by atoms with E-state index >= 15 is 0 Å². The summed E-state index contributed by atoms with van der Waals surface area (Å²) < 4.78 is 39.5. The number of alkyl halides is 2. The van der Waals surface area contributed by atoms with Crippen molar-refractivity contribution in [2.24, 2.45) is 18.9 Å². The van der Waals surface area contributed by atoms with Crippen molar-refractivity contribution in [1.82, 2.24) is 24.9 Å². The average Bonchev–Trinajstić information content (AvgIpc) is 3.66. The highest BCUT2D eigenvalue weighted by Gasteiger charge is 2.48. The Labute approximate surface area is 219 Å². The van der Waals surface area contributed by atoms with E-state index in [-0.39, 0.29) is 37.2 Å². The van der Waals surface area contributed by atoms with Gasteiger partial charge in [0.25, 0.3) is 5.92 Å². The van der Waals surface area contributed by atoms with Gasteiger partial charge in [0.05, 0.1) is 23.9 Å². The number of aliphatic carboxylic acids is 1. The lowest BCUT2D eigenvalue weighted by Crippen LogP contribution is -2.51. The van der Waals surface area contributed by atoms with E-state index in [2.05, 4.69) is 10.3 Å². The molecule has 3 saturated carbocycles. The maximum atomic E-state index is 13.2. The van der Waals surface area contributed by atoms with Crippen molar-refractivity contribution in [2.75, 3.05) is 13.7 Å². The van der Waals surface area contributed by atoms with Crippen molar-refractivity contribution in [3.8, 4) is 17.1 Å². The number of hydrogen-bond acceptors (Lipinski definition) is 7. The molecule has 5 rings (SSSR count). The number of aryl methyl sites for hydroxylation is 1. The number of carboxylic acids is 1. The summed E-state index contributed by atoms with van der Waals surface area (Å²) in [6, 6.07) is 3.11. The predicted octanol–water partition coefficient (Wildman–Crippen LogP) is 4.39. The lowest BCUT2D eigenvalue weighted by atomic mass is 9.82. The normalized spacial score (nSPS) is 22.9. The van der Waals surface area contributed by atoms with Gasteiger partial charge in [0.2, 0.25) is 0 Å². The number of pyridine rings is 1. The summed E-state index contributed by atoms with van der Waals surface area (Å²) in [5.74, 6) is -2.58. The molecule has 38 heavy (non-hydrogen) atoms. The first kappa shape index (κ1) is 26.3. The van der Waals surface area contributed by atoms with Crippen molar-refractivity contribution < 1.29 is 33.0 Å². The summed E-state index contributed by atoms with van der Waals surface area (Å²) >= 11 is 0. The smallest absolute Gasteiger partial charge is 0.410 e. The molecule has 0 aliphatic heterocycles. The zero-order chi connectivity index (χ0) is 27.0. The lowest BCUT2D eigenvalue weighted by Gasteiger charge is -2.40. The monoisotopic (exact) mass is 533 g/mol. The molecule has 0 radical (unpaired) electrons. The summed E-state index contributed by atoms with van der Waals surface area (Å²) in [5.41, 5.74) is 2.43. The van der Waals surface area contributed by atoms with Gasteiger partial charge >= 0.3 is 12.1 Å². The third-order valence-electron chi connectivity index (χ3n) is 7.88. The zero-order valence-corrected chi connectivity index (χ0v) is 21.6. The molecule has 0 spiro atoms. The number of halogens is 2. The minimum Gasteiger partial charge on any atom is -0.491 e. The first-order valence-electron chi connectivity index (χ1n) is 13.1. The standard InChI is InChI=1S/C26H33F2N5O5/c1-32(18-11-26(27,28)12-18)25(36)38-14-20-23(30-31-33(20)2)19-8-9-21(22(29-19)16-6-7-16)37-13-15-4-3-5-17(10-15)24(34)35/h8-9,15-18H,3-7,10-14H2,1-2H3,(H,34,35)/t15-,17-/m0/s1. The van der Waals surface area contributed by atoms with Crippen LogP contribution in [-0.4, -0.2) is 67.7 Å². The third-order valence-corrected chi connectivity index (χ3v) is 7.88. The molecule has 3 fully saturated rings. The van der Waals surface area contributed by atoms with Crippen molar-refractivity contribution in [2.45, 2.75) is 75.9 Å². The van der Waals surface area contributed by atoms with E-state index in [1.165, 1.54) is 16.6 Å². The van der Waals surface area contributed by atoms with E-state index < -0.39 is 24.0 Å². The van der Waals surface area contributed by atoms with Crippen molar-refractivity contribution in [3.63, 3.8) is 0 Å². The number of amides is 1. The Hall–Kier alpha value is -3.31. The van der Waals surface area contributed by atoms with E-state index in [4.69, 9.17) is 14.5 Å². The molecular weight excluding hydrogens is 500 g/mol. The highest BCUT2D eigenvalue weighted by atomic mass is 19.3. The number of ether oxygens (including phenoxy) is 2. The molecule has 10 nitrogen and oxygen atoms in total. The van der Waals surface area contributed by atoms with Gasteiger partial charge in [-0.3, -0.25) is 4.79 Å². The number of nitrogens with zero attached hydrogens (tertiary/aromatic N) is 5. The first-order valence-corrected chi connectivity index (χ1v) is 13.1. The van der Waals surface area contributed by atoms with Gasteiger partial charge in [-0.15, -0.1) is 5.10 Å². The van der Waals surface area contributed by atoms with Gasteiger partial charge in [-0.25, -0.2) is 23.2 Å². The summed E-state index contributed by atoms with van der Waals surface area (Å²) in [7, 11) is 3.14. The van der Waals surface area contributed by atoms with E-state index in [1.807, 2.05) is 6.07 Å². The van der Waals surface area contributed by atoms with E-state index in [0.717, 1.165) is 37.8 Å². The number of aromatic nitrogens is 4. The van der Waals surface area contributed by atoms with Crippen LogP contribution < -0.4 is 4.74 Å². The molecule has 0 unspecified atom stereocenters. The third kappa shape index (κ3) is 5.73. The fourth-order valence-corrected chi connectivity index (χ4v) is 5.26. The fourth-order valence-electron chi connectivity index (χ4n) is 5.26. The van der Waals surface area contributed by atoms with Crippen LogP contribution in [0, 0.1) is 11.8 Å². The highest BCUT2D eigenvalue weighted by Crippen LogP contribution is 2.44. The molecule has 3 aliphatic rings. The SMILES string of the molecule is CN(C(=O)OCc1c(-c2ccc(OC[C@H]3CCC[C@H](C(=O)O)C3)c(C3CC3)n2)nnn1C)C1CC(F)(F)C1. The molecule has 0 aromatic carbocycles. The highest BCUT2D eigenvalue weighted by molar-refractivity contribution is 5.70. The topological polar surface area (TPSA) is 120 Å². The number of carbonyl (C=O) groups is 2. The maximum Gasteiger partial charge on any atom is 0.410 e. The van der Waals surface area contributed by atoms with Crippen LogP contribution in [0.15, 0.2) is 12.1 Å². The van der Waals surface area contributed by atoms with Gasteiger partial charge in [-0.2, -0.15) is 0 Å². The van der Waals surface area contributed by atoms with Crippen molar-refractivity contribution in [1.29, 1.82) is 0 Å². The molecule has 12 heteroatoms. The van der Waals surface area contributed by atoms with Gasteiger partial charge in [-0.05, 0) is 50.2 Å². The molecule has 1 amide bonds. The second-order valence-electron chi connectivity index (χ2n) is 10.8. The van der Waals surface area contributed by atoms with Crippen LogP contribution in [0.3, 0.4) is 0 Å². The van der Waals surface area contributed by atoms with Crippen molar-refractivity contribution >= 4 is 12.1 Å². The van der Waals surface area contributed by atoms with Crippen LogP contribution in [-0.2, 0) is 23.2 Å². The molecule has 2 aromatic rings. The number of hydrogen-bond donors (Lipinski definition) is 1. The van der Waals surface area contributed by atoms with Crippen LogP contribution in [0.2, 0.25) is 0 Å².